The minimum absolute atomic E-state index is 0.463. The lowest BCUT2D eigenvalue weighted by Crippen LogP contribution is -1.92. The molecule has 0 aliphatic heterocycles. The first-order chi connectivity index (χ1) is 8.65. The zero-order valence-electron chi connectivity index (χ0n) is 9.94. The van der Waals surface area contributed by atoms with Crippen molar-refractivity contribution >= 4 is 22.7 Å². The molecule has 0 bridgehead atoms. The lowest BCUT2D eigenvalue weighted by molar-refractivity contribution is 1.29. The van der Waals surface area contributed by atoms with Crippen LogP contribution >= 0.6 is 0 Å². The zero-order valence-corrected chi connectivity index (χ0v) is 9.94. The molecule has 90 valence electrons. The molecule has 3 aromatic rings. The van der Waals surface area contributed by atoms with E-state index in [-0.39, 0.29) is 0 Å². The van der Waals surface area contributed by atoms with Crippen LogP contribution in [0.1, 0.15) is 5.56 Å². The summed E-state index contributed by atoms with van der Waals surface area (Å²) in [5.74, 6) is 1.22. The molecule has 18 heavy (non-hydrogen) atoms. The van der Waals surface area contributed by atoms with Crippen LogP contribution in [0.4, 0.5) is 11.5 Å². The van der Waals surface area contributed by atoms with E-state index < -0.39 is 0 Å². The summed E-state index contributed by atoms with van der Waals surface area (Å²) < 4.78 is 0. The SMILES string of the molecule is Cc1c(N)cccc1-c1nc2nc(N)ccc2[nH]1. The number of imidazole rings is 1. The highest BCUT2D eigenvalue weighted by atomic mass is 15.0. The Morgan fingerprint density at radius 1 is 1.06 bits per heavy atom. The summed E-state index contributed by atoms with van der Waals surface area (Å²) in [7, 11) is 0. The van der Waals surface area contributed by atoms with E-state index in [0.29, 0.717) is 11.5 Å². The predicted octanol–water partition coefficient (Wildman–Crippen LogP) is 2.10. The summed E-state index contributed by atoms with van der Waals surface area (Å²) in [5.41, 5.74) is 15.8. The van der Waals surface area contributed by atoms with Crippen LogP contribution < -0.4 is 11.5 Å². The Bertz CT molecular complexity index is 729. The van der Waals surface area contributed by atoms with E-state index in [4.69, 9.17) is 11.5 Å². The number of nitrogen functional groups attached to an aromatic ring is 2. The fourth-order valence-electron chi connectivity index (χ4n) is 1.94. The number of rotatable bonds is 1. The first-order valence-corrected chi connectivity index (χ1v) is 5.63. The quantitative estimate of drug-likeness (QED) is 0.567. The second-order valence-corrected chi connectivity index (χ2v) is 4.21. The Morgan fingerprint density at radius 3 is 2.72 bits per heavy atom. The van der Waals surface area contributed by atoms with E-state index in [0.717, 1.165) is 28.2 Å². The van der Waals surface area contributed by atoms with Gasteiger partial charge in [-0.15, -0.1) is 0 Å². The van der Waals surface area contributed by atoms with Gasteiger partial charge in [-0.3, -0.25) is 0 Å². The lowest BCUT2D eigenvalue weighted by Gasteiger charge is -2.04. The van der Waals surface area contributed by atoms with E-state index in [1.165, 1.54) is 0 Å². The molecule has 0 saturated heterocycles. The van der Waals surface area contributed by atoms with Crippen molar-refractivity contribution in [3.63, 3.8) is 0 Å². The number of hydrogen-bond acceptors (Lipinski definition) is 4. The molecule has 0 unspecified atom stereocenters. The van der Waals surface area contributed by atoms with Crippen molar-refractivity contribution in [2.24, 2.45) is 0 Å². The molecule has 0 aliphatic carbocycles. The number of benzene rings is 1. The summed E-state index contributed by atoms with van der Waals surface area (Å²) in [6.07, 6.45) is 0. The fraction of sp³-hybridized carbons (Fsp3) is 0.0769. The van der Waals surface area contributed by atoms with Gasteiger partial charge in [-0.2, -0.15) is 0 Å². The summed E-state index contributed by atoms with van der Waals surface area (Å²) >= 11 is 0. The van der Waals surface area contributed by atoms with E-state index in [2.05, 4.69) is 15.0 Å². The second-order valence-electron chi connectivity index (χ2n) is 4.21. The molecular formula is C13H13N5. The summed E-state index contributed by atoms with van der Waals surface area (Å²) in [4.78, 5) is 11.8. The largest absolute Gasteiger partial charge is 0.398 e. The van der Waals surface area contributed by atoms with Crippen LogP contribution in [0.2, 0.25) is 0 Å². The number of aromatic nitrogens is 3. The average Bonchev–Trinajstić information content (AvgIpc) is 2.75. The highest BCUT2D eigenvalue weighted by Gasteiger charge is 2.09. The number of anilines is 2. The summed E-state index contributed by atoms with van der Waals surface area (Å²) in [5, 5.41) is 0. The first-order valence-electron chi connectivity index (χ1n) is 5.63. The topological polar surface area (TPSA) is 93.6 Å². The third-order valence-corrected chi connectivity index (χ3v) is 3.00. The minimum atomic E-state index is 0.463. The van der Waals surface area contributed by atoms with Crippen molar-refractivity contribution in [1.29, 1.82) is 0 Å². The molecular weight excluding hydrogens is 226 g/mol. The maximum Gasteiger partial charge on any atom is 0.180 e. The van der Waals surface area contributed by atoms with E-state index in [1.54, 1.807) is 6.07 Å². The number of aromatic amines is 1. The third kappa shape index (κ3) is 1.57. The fourth-order valence-corrected chi connectivity index (χ4v) is 1.94. The number of H-pyrrole nitrogens is 1. The van der Waals surface area contributed by atoms with Gasteiger partial charge in [0, 0.05) is 11.3 Å². The second kappa shape index (κ2) is 3.73. The first kappa shape index (κ1) is 10.6. The zero-order chi connectivity index (χ0) is 12.7. The van der Waals surface area contributed by atoms with Crippen LogP contribution in [0.5, 0.6) is 0 Å². The lowest BCUT2D eigenvalue weighted by atomic mass is 10.1. The van der Waals surface area contributed by atoms with Gasteiger partial charge in [-0.1, -0.05) is 12.1 Å². The number of nitrogens with zero attached hydrogens (tertiary/aromatic N) is 2. The van der Waals surface area contributed by atoms with Crippen molar-refractivity contribution in [2.45, 2.75) is 6.92 Å². The van der Waals surface area contributed by atoms with Gasteiger partial charge in [0.2, 0.25) is 0 Å². The van der Waals surface area contributed by atoms with E-state index >= 15 is 0 Å². The van der Waals surface area contributed by atoms with Gasteiger partial charge in [0.15, 0.2) is 5.65 Å². The van der Waals surface area contributed by atoms with Gasteiger partial charge in [0.05, 0.1) is 5.52 Å². The molecule has 0 atom stereocenters. The number of pyridine rings is 1. The van der Waals surface area contributed by atoms with Crippen LogP contribution in [0.25, 0.3) is 22.6 Å². The van der Waals surface area contributed by atoms with Gasteiger partial charge in [-0.25, -0.2) is 9.97 Å². The Labute approximate surface area is 104 Å². The molecule has 3 rings (SSSR count). The van der Waals surface area contributed by atoms with Crippen LogP contribution in [-0.2, 0) is 0 Å². The smallest absolute Gasteiger partial charge is 0.180 e. The predicted molar refractivity (Wildman–Crippen MR) is 72.9 cm³/mol. The van der Waals surface area contributed by atoms with Gasteiger partial charge in [0.1, 0.15) is 11.6 Å². The molecule has 0 spiro atoms. The molecule has 2 aromatic heterocycles. The number of hydrogen-bond donors (Lipinski definition) is 3. The third-order valence-electron chi connectivity index (χ3n) is 3.00. The molecule has 1 aromatic carbocycles. The highest BCUT2D eigenvalue weighted by Crippen LogP contribution is 2.26. The van der Waals surface area contributed by atoms with Gasteiger partial charge in [0.25, 0.3) is 0 Å². The van der Waals surface area contributed by atoms with Crippen LogP contribution in [0.15, 0.2) is 30.3 Å². The molecule has 5 heteroatoms. The van der Waals surface area contributed by atoms with Crippen LogP contribution in [0.3, 0.4) is 0 Å². The Morgan fingerprint density at radius 2 is 1.89 bits per heavy atom. The van der Waals surface area contributed by atoms with Gasteiger partial charge < -0.3 is 16.5 Å². The molecule has 0 amide bonds. The molecule has 0 aliphatic rings. The van der Waals surface area contributed by atoms with Crippen molar-refractivity contribution in [3.05, 3.63) is 35.9 Å². The van der Waals surface area contributed by atoms with E-state index in [9.17, 15) is 0 Å². The number of nitrogens with two attached hydrogens (primary N) is 2. The summed E-state index contributed by atoms with van der Waals surface area (Å²) in [6, 6.07) is 9.38. The van der Waals surface area contributed by atoms with Gasteiger partial charge >= 0.3 is 0 Å². The maximum atomic E-state index is 5.90. The molecule has 0 radical (unpaired) electrons. The number of fused-ring (bicyclic) bond motifs is 1. The Hall–Kier alpha value is -2.56. The van der Waals surface area contributed by atoms with Crippen LogP contribution in [-0.4, -0.2) is 15.0 Å². The van der Waals surface area contributed by atoms with Crippen LogP contribution in [0, 0.1) is 6.92 Å². The van der Waals surface area contributed by atoms with Crippen molar-refractivity contribution in [3.8, 4) is 11.4 Å². The monoisotopic (exact) mass is 239 g/mol. The molecule has 0 saturated carbocycles. The minimum Gasteiger partial charge on any atom is -0.398 e. The van der Waals surface area contributed by atoms with Gasteiger partial charge in [-0.05, 0) is 30.7 Å². The summed E-state index contributed by atoms with van der Waals surface area (Å²) in [6.45, 7) is 1.97. The molecule has 5 N–H and O–H groups in total. The highest BCUT2D eigenvalue weighted by molar-refractivity contribution is 5.79. The average molecular weight is 239 g/mol. The number of nitrogens with one attached hydrogen (secondary N) is 1. The standard InChI is InChI=1S/C13H13N5/c1-7-8(3-2-4-9(7)14)12-16-10-5-6-11(15)17-13(10)18-12/h2-6H,14H2,1H3,(H3,15,16,17,18). The Kier molecular flexibility index (Phi) is 2.19. The molecule has 2 heterocycles. The van der Waals surface area contributed by atoms with E-state index in [1.807, 2.05) is 31.2 Å². The van der Waals surface area contributed by atoms with Crippen molar-refractivity contribution in [2.75, 3.05) is 11.5 Å². The molecule has 0 fully saturated rings. The maximum absolute atomic E-state index is 5.90. The molecule has 5 nitrogen and oxygen atoms in total. The van der Waals surface area contributed by atoms with Crippen molar-refractivity contribution < 1.29 is 0 Å². The van der Waals surface area contributed by atoms with Crippen molar-refractivity contribution in [1.82, 2.24) is 15.0 Å². The Balaban J connectivity index is 2.22. The normalized spacial score (nSPS) is 10.9.